The summed E-state index contributed by atoms with van der Waals surface area (Å²) in [4.78, 5) is 37.1. The van der Waals surface area contributed by atoms with Crippen LogP contribution in [0.15, 0.2) is 6.33 Å². The molecule has 2 fully saturated rings. The number of nitrogens with one attached hydrogen (secondary N) is 2. The number of ether oxygens (including phenoxy) is 3. The molecule has 15 nitrogen and oxygen atoms in total. The highest BCUT2D eigenvalue weighted by Gasteiger charge is 2.78. The Morgan fingerprint density at radius 2 is 1.72 bits per heavy atom. The SMILES string of the molecule is COC(=O)[C@H](CC(C)C)NP(=O)(N[C@@H](CC(C)C)C(=O)OC)OC[C@H]1OC2(F)C(C1O)[C@@H]2n1cnc2c(N)nc(Cl)nc21. The van der Waals surface area contributed by atoms with Gasteiger partial charge >= 0.3 is 19.6 Å². The zero-order valence-electron chi connectivity index (χ0n) is 24.7. The van der Waals surface area contributed by atoms with E-state index in [1.54, 1.807) is 0 Å². The molecule has 18 heteroatoms. The summed E-state index contributed by atoms with van der Waals surface area (Å²) < 4.78 is 52.6. The Morgan fingerprint density at radius 1 is 1.16 bits per heavy atom. The topological polar surface area (TPSA) is 202 Å². The number of nitrogens with zero attached hydrogens (tertiary/aromatic N) is 4. The van der Waals surface area contributed by atoms with Crippen LogP contribution in [0.25, 0.3) is 11.2 Å². The lowest BCUT2D eigenvalue weighted by atomic mass is 10.1. The highest BCUT2D eigenvalue weighted by Crippen LogP contribution is 2.66. The number of nitrogens with two attached hydrogens (primary N) is 1. The van der Waals surface area contributed by atoms with Crippen LogP contribution >= 0.6 is 19.3 Å². The van der Waals surface area contributed by atoms with Crippen molar-refractivity contribution in [2.24, 2.45) is 17.8 Å². The number of rotatable bonds is 14. The van der Waals surface area contributed by atoms with Crippen molar-refractivity contribution in [2.75, 3.05) is 26.6 Å². The van der Waals surface area contributed by atoms with Crippen LogP contribution in [0.4, 0.5) is 10.2 Å². The Kier molecular flexibility index (Phi) is 10.0. The van der Waals surface area contributed by atoms with E-state index in [-0.39, 0.29) is 46.9 Å². The second kappa shape index (κ2) is 12.9. The van der Waals surface area contributed by atoms with Crippen LogP contribution < -0.4 is 15.9 Å². The number of methoxy groups -OCH3 is 2. The molecule has 1 saturated heterocycles. The van der Waals surface area contributed by atoms with Crippen molar-refractivity contribution >= 4 is 48.2 Å². The van der Waals surface area contributed by atoms with Crippen molar-refractivity contribution in [3.63, 3.8) is 0 Å². The van der Waals surface area contributed by atoms with Crippen LogP contribution in [0.5, 0.6) is 0 Å². The molecule has 1 aliphatic carbocycles. The van der Waals surface area contributed by atoms with Crippen molar-refractivity contribution < 1.29 is 42.4 Å². The van der Waals surface area contributed by atoms with Gasteiger partial charge in [0.15, 0.2) is 11.5 Å². The summed E-state index contributed by atoms with van der Waals surface area (Å²) in [5, 5.41) is 16.2. The van der Waals surface area contributed by atoms with Crippen LogP contribution in [0.3, 0.4) is 0 Å². The summed E-state index contributed by atoms with van der Waals surface area (Å²) in [5.74, 6) is -4.76. The summed E-state index contributed by atoms with van der Waals surface area (Å²) >= 11 is 5.92. The first-order valence-electron chi connectivity index (χ1n) is 13.8. The molecule has 0 bridgehead atoms. The standard InChI is InChI=1S/C25H38ClFN7O8P/c1-11(2)7-13(22(36)39-5)32-43(38,33-14(8-12(3)4)23(37)40-6)41-9-15-18(35)16-19(25(16,27)42-15)34-10-29-17-20(28)30-24(26)31-21(17)34/h10-16,18-19,35H,7-9H2,1-6H3,(H2,28,30,31)(H2,32,33,38)/t13-,14-,15+,16?,18?,19-,25?/m0/s1. The number of carbonyl (C=O) groups excluding carboxylic acids is 2. The van der Waals surface area contributed by atoms with Gasteiger partial charge in [-0.25, -0.2) is 19.5 Å². The minimum absolute atomic E-state index is 0.0118. The maximum Gasteiger partial charge on any atom is 0.342 e. The summed E-state index contributed by atoms with van der Waals surface area (Å²) in [6.07, 6.45) is -0.875. The number of aliphatic hydroxyl groups is 1. The third kappa shape index (κ3) is 6.95. The third-order valence-corrected chi connectivity index (χ3v) is 9.33. The normalized spacial score (nSPS) is 26.5. The highest BCUT2D eigenvalue weighted by molar-refractivity contribution is 7.54. The molecule has 43 heavy (non-hydrogen) atoms. The number of carbonyl (C=O) groups is 2. The van der Waals surface area contributed by atoms with Gasteiger partial charge in [0.2, 0.25) is 11.1 Å². The fourth-order valence-electron chi connectivity index (χ4n) is 5.38. The zero-order valence-corrected chi connectivity index (χ0v) is 26.3. The maximum absolute atomic E-state index is 16.0. The molecule has 240 valence electrons. The quantitative estimate of drug-likeness (QED) is 0.132. The summed E-state index contributed by atoms with van der Waals surface area (Å²) in [5.41, 5.74) is 6.24. The van der Waals surface area contributed by atoms with Crippen LogP contribution in [0, 0.1) is 17.8 Å². The fourth-order valence-corrected chi connectivity index (χ4v) is 7.38. The summed E-state index contributed by atoms with van der Waals surface area (Å²) in [7, 11) is -1.89. The van der Waals surface area contributed by atoms with E-state index < -0.39 is 68.3 Å². The number of esters is 2. The molecule has 0 radical (unpaired) electrons. The van der Waals surface area contributed by atoms with E-state index in [0.717, 1.165) is 0 Å². The minimum Gasteiger partial charge on any atom is -0.468 e. The van der Waals surface area contributed by atoms with Gasteiger partial charge in [0.25, 0.3) is 0 Å². The lowest BCUT2D eigenvalue weighted by molar-refractivity contribution is -0.143. The van der Waals surface area contributed by atoms with E-state index in [0.29, 0.717) is 0 Å². The number of aliphatic hydroxyl groups excluding tert-OH is 1. The molecule has 5 N–H and O–H groups in total. The molecule has 0 spiro atoms. The van der Waals surface area contributed by atoms with Crippen molar-refractivity contribution in [1.29, 1.82) is 0 Å². The van der Waals surface area contributed by atoms with Gasteiger partial charge in [-0.05, 0) is 36.3 Å². The van der Waals surface area contributed by atoms with Gasteiger partial charge in [0.05, 0.1) is 39.2 Å². The zero-order chi connectivity index (χ0) is 31.9. The number of anilines is 1. The monoisotopic (exact) mass is 649 g/mol. The van der Waals surface area contributed by atoms with Gasteiger partial charge in [-0.3, -0.25) is 14.2 Å². The van der Waals surface area contributed by atoms with Gasteiger partial charge in [0, 0.05) is 0 Å². The Bertz CT molecular complexity index is 1360. The number of hydrogen-bond acceptors (Lipinski definition) is 12. The molecule has 7 atom stereocenters. The van der Waals surface area contributed by atoms with E-state index in [9.17, 15) is 19.3 Å². The molecule has 1 aliphatic heterocycles. The third-order valence-electron chi connectivity index (χ3n) is 7.35. The lowest BCUT2D eigenvalue weighted by Gasteiger charge is -2.30. The van der Waals surface area contributed by atoms with Crippen LogP contribution in [0.2, 0.25) is 5.28 Å². The molecule has 2 aliphatic rings. The Hall–Kier alpha value is -2.46. The number of hydrogen-bond donors (Lipinski definition) is 4. The number of imidazole rings is 1. The van der Waals surface area contributed by atoms with E-state index in [4.69, 9.17) is 36.1 Å². The average Bonchev–Trinajstić information content (AvgIpc) is 3.17. The number of alkyl halides is 1. The first kappa shape index (κ1) is 33.4. The lowest BCUT2D eigenvalue weighted by Crippen LogP contribution is -2.46. The highest BCUT2D eigenvalue weighted by atomic mass is 35.5. The molecule has 2 aromatic heterocycles. The van der Waals surface area contributed by atoms with Crippen molar-refractivity contribution in [3.8, 4) is 0 Å². The number of aromatic nitrogens is 4. The predicted molar refractivity (Wildman–Crippen MR) is 152 cm³/mol. The number of halogens is 2. The van der Waals surface area contributed by atoms with E-state index in [2.05, 4.69) is 25.1 Å². The minimum atomic E-state index is -4.27. The predicted octanol–water partition coefficient (Wildman–Crippen LogP) is 2.14. The molecular weight excluding hydrogens is 612 g/mol. The number of fused-ring (bicyclic) bond motifs is 2. The Balaban J connectivity index is 1.53. The second-order valence-corrected chi connectivity index (χ2v) is 13.7. The Morgan fingerprint density at radius 3 is 2.19 bits per heavy atom. The maximum atomic E-state index is 16.0. The van der Waals surface area contributed by atoms with E-state index in [1.807, 2.05) is 27.7 Å². The van der Waals surface area contributed by atoms with Crippen molar-refractivity contribution in [1.82, 2.24) is 29.7 Å². The van der Waals surface area contributed by atoms with Crippen LogP contribution in [-0.4, -0.2) is 87.5 Å². The molecule has 3 heterocycles. The molecule has 0 amide bonds. The summed E-state index contributed by atoms with van der Waals surface area (Å²) in [6, 6.07) is -3.14. The second-order valence-electron chi connectivity index (χ2n) is 11.5. The molecule has 4 rings (SSSR count). The molecule has 0 aromatic carbocycles. The molecule has 3 unspecified atom stereocenters. The van der Waals surface area contributed by atoms with Crippen molar-refractivity contribution in [2.45, 2.75) is 76.7 Å². The average molecular weight is 650 g/mol. The van der Waals surface area contributed by atoms with Gasteiger partial charge < -0.3 is 34.1 Å². The number of nitrogen functional groups attached to an aromatic ring is 1. The smallest absolute Gasteiger partial charge is 0.342 e. The van der Waals surface area contributed by atoms with E-state index in [1.165, 1.54) is 25.1 Å². The van der Waals surface area contributed by atoms with Gasteiger partial charge in [-0.1, -0.05) is 27.7 Å². The first-order valence-corrected chi connectivity index (χ1v) is 15.8. The van der Waals surface area contributed by atoms with Crippen LogP contribution in [0.1, 0.15) is 46.6 Å². The van der Waals surface area contributed by atoms with Crippen LogP contribution in [-0.2, 0) is 32.9 Å². The largest absolute Gasteiger partial charge is 0.468 e. The molecule has 2 aromatic rings. The van der Waals surface area contributed by atoms with Gasteiger partial charge in [-0.2, -0.15) is 9.97 Å². The molecule has 1 saturated carbocycles. The van der Waals surface area contributed by atoms with Crippen molar-refractivity contribution in [3.05, 3.63) is 11.6 Å². The van der Waals surface area contributed by atoms with E-state index >= 15 is 4.39 Å². The Labute approximate surface area is 252 Å². The van der Waals surface area contributed by atoms with Gasteiger partial charge in [0.1, 0.15) is 29.7 Å². The molecular formula is C25H38ClFN7O8P. The fraction of sp³-hybridized carbons (Fsp3) is 0.720. The first-order chi connectivity index (χ1) is 20.1. The summed E-state index contributed by atoms with van der Waals surface area (Å²) in [6.45, 7) is 6.88. The van der Waals surface area contributed by atoms with Gasteiger partial charge in [-0.15, -0.1) is 0 Å².